The number of rotatable bonds is 12. The highest BCUT2D eigenvalue weighted by atomic mass is 19.4. The van der Waals surface area contributed by atoms with E-state index >= 15 is 0 Å². The number of carbonyl (C=O) groups is 3. The Morgan fingerprint density at radius 2 is 1.71 bits per heavy atom. The molecule has 196 valence electrons. The molecular weight excluding hydrogens is 467 g/mol. The van der Waals surface area contributed by atoms with Gasteiger partial charge in [-0.1, -0.05) is 39.0 Å². The molecule has 7 nitrogen and oxygen atoms in total. The molecule has 0 bridgehead atoms. The average Bonchev–Trinajstić information content (AvgIpc) is 3.02. The summed E-state index contributed by atoms with van der Waals surface area (Å²) in [5.41, 5.74) is -4.33. The molecule has 1 aliphatic rings. The molecule has 1 saturated heterocycles. The van der Waals surface area contributed by atoms with Gasteiger partial charge in [0.1, 0.15) is 17.0 Å². The normalized spacial score (nSPS) is 19.6. The van der Waals surface area contributed by atoms with Crippen LogP contribution in [0.15, 0.2) is 18.2 Å². The molecule has 0 saturated carbocycles. The summed E-state index contributed by atoms with van der Waals surface area (Å²) in [6.45, 7) is 6.24. The first-order chi connectivity index (χ1) is 16.2. The fourth-order valence-corrected chi connectivity index (χ4v) is 4.24. The predicted molar refractivity (Wildman–Crippen MR) is 123 cm³/mol. The average molecular weight is 502 g/mol. The van der Waals surface area contributed by atoms with Gasteiger partial charge in [0, 0.05) is 5.56 Å². The lowest BCUT2D eigenvalue weighted by Gasteiger charge is -2.36. The van der Waals surface area contributed by atoms with Crippen molar-refractivity contribution in [3.8, 4) is 5.75 Å². The van der Waals surface area contributed by atoms with E-state index in [0.717, 1.165) is 43.1 Å². The van der Waals surface area contributed by atoms with Crippen LogP contribution in [0.25, 0.3) is 0 Å². The molecule has 0 aromatic heterocycles. The van der Waals surface area contributed by atoms with E-state index in [0.29, 0.717) is 12.5 Å². The Hall–Kier alpha value is -2.62. The SMILES string of the molecule is CCCCCCCCOc1ccc(C(=O)CC(=O)C2(C)COC(C)(C)N2C(=O)O)cc1C(F)(F)F. The molecule has 1 heterocycles. The van der Waals surface area contributed by atoms with Crippen molar-refractivity contribution in [2.75, 3.05) is 13.2 Å². The Morgan fingerprint density at radius 3 is 2.31 bits per heavy atom. The van der Waals surface area contributed by atoms with Crippen molar-refractivity contribution in [2.45, 2.75) is 90.1 Å². The van der Waals surface area contributed by atoms with Crippen molar-refractivity contribution >= 4 is 17.7 Å². The third-order valence-corrected chi connectivity index (χ3v) is 6.21. The van der Waals surface area contributed by atoms with Gasteiger partial charge < -0.3 is 14.6 Å². The maximum Gasteiger partial charge on any atom is 0.419 e. The summed E-state index contributed by atoms with van der Waals surface area (Å²) >= 11 is 0. The van der Waals surface area contributed by atoms with Gasteiger partial charge in [-0.25, -0.2) is 4.79 Å². The molecule has 35 heavy (non-hydrogen) atoms. The van der Waals surface area contributed by atoms with Crippen LogP contribution in [0.3, 0.4) is 0 Å². The zero-order valence-electron chi connectivity index (χ0n) is 20.7. The molecule has 1 N–H and O–H groups in total. The molecule has 1 unspecified atom stereocenters. The van der Waals surface area contributed by atoms with Gasteiger partial charge in [-0.05, 0) is 45.4 Å². The van der Waals surface area contributed by atoms with Crippen LogP contribution in [0, 0.1) is 0 Å². The topological polar surface area (TPSA) is 93.1 Å². The zero-order valence-corrected chi connectivity index (χ0v) is 20.7. The third kappa shape index (κ3) is 6.96. The van der Waals surface area contributed by atoms with Crippen LogP contribution in [0.4, 0.5) is 18.0 Å². The van der Waals surface area contributed by atoms with Crippen molar-refractivity contribution in [1.82, 2.24) is 4.90 Å². The van der Waals surface area contributed by atoms with Crippen LogP contribution in [0.2, 0.25) is 0 Å². The highest BCUT2D eigenvalue weighted by Crippen LogP contribution is 2.38. The number of ether oxygens (including phenoxy) is 2. The minimum Gasteiger partial charge on any atom is -0.493 e. The Bertz CT molecular complexity index is 930. The van der Waals surface area contributed by atoms with Gasteiger partial charge in [-0.2, -0.15) is 13.2 Å². The fourth-order valence-electron chi connectivity index (χ4n) is 4.24. The Kier molecular flexibility index (Phi) is 9.33. The molecule has 1 aromatic carbocycles. The summed E-state index contributed by atoms with van der Waals surface area (Å²) in [5, 5.41) is 9.55. The van der Waals surface area contributed by atoms with E-state index in [4.69, 9.17) is 9.47 Å². The smallest absolute Gasteiger partial charge is 0.419 e. The second-order valence-corrected chi connectivity index (χ2v) is 9.48. The molecule has 0 aliphatic carbocycles. The minimum absolute atomic E-state index is 0.125. The number of hydrogen-bond donors (Lipinski definition) is 1. The lowest BCUT2D eigenvalue weighted by molar-refractivity contribution is -0.139. The summed E-state index contributed by atoms with van der Waals surface area (Å²) in [5.74, 6) is -1.98. The van der Waals surface area contributed by atoms with E-state index in [2.05, 4.69) is 6.92 Å². The first-order valence-corrected chi connectivity index (χ1v) is 11.8. The van der Waals surface area contributed by atoms with Crippen LogP contribution in [0.1, 0.15) is 88.6 Å². The monoisotopic (exact) mass is 501 g/mol. The Morgan fingerprint density at radius 1 is 1.09 bits per heavy atom. The number of ketones is 2. The van der Waals surface area contributed by atoms with Gasteiger partial charge in [0.05, 0.1) is 25.2 Å². The van der Waals surface area contributed by atoms with Gasteiger partial charge in [-0.15, -0.1) is 0 Å². The van der Waals surface area contributed by atoms with E-state index in [-0.39, 0.29) is 24.5 Å². The second-order valence-electron chi connectivity index (χ2n) is 9.48. The van der Waals surface area contributed by atoms with E-state index in [1.165, 1.54) is 26.8 Å². The highest BCUT2D eigenvalue weighted by molar-refractivity contribution is 6.11. The lowest BCUT2D eigenvalue weighted by atomic mass is 9.90. The molecule has 1 aliphatic heterocycles. The van der Waals surface area contributed by atoms with Gasteiger partial charge in [-0.3, -0.25) is 14.5 Å². The van der Waals surface area contributed by atoms with Gasteiger partial charge in [0.15, 0.2) is 11.6 Å². The standard InChI is InChI=1S/C25H34F3NO6/c1-5-6-7-8-9-10-13-34-20-12-11-17(14-18(20)25(26,27)28)19(30)15-21(31)24(4)16-35-23(2,3)29(24)22(32)33/h11-12,14H,5-10,13,15-16H2,1-4H3,(H,32,33). The van der Waals surface area contributed by atoms with E-state index in [9.17, 15) is 32.7 Å². The van der Waals surface area contributed by atoms with Crippen molar-refractivity contribution < 1.29 is 42.1 Å². The summed E-state index contributed by atoms with van der Waals surface area (Å²) in [4.78, 5) is 38.2. The second kappa shape index (κ2) is 11.4. The molecule has 1 amide bonds. The van der Waals surface area contributed by atoms with Crippen molar-refractivity contribution in [1.29, 1.82) is 0 Å². The summed E-state index contributed by atoms with van der Waals surface area (Å²) in [6, 6.07) is 2.96. The molecule has 1 aromatic rings. The number of alkyl halides is 3. The number of unbranched alkanes of at least 4 members (excludes halogenated alkanes) is 5. The molecular formula is C25H34F3NO6. The van der Waals surface area contributed by atoms with Gasteiger partial charge in [0.2, 0.25) is 0 Å². The van der Waals surface area contributed by atoms with Crippen LogP contribution in [-0.4, -0.2) is 52.1 Å². The molecule has 2 rings (SSSR count). The first kappa shape index (κ1) is 28.6. The maximum atomic E-state index is 13.7. The molecule has 10 heteroatoms. The quantitative estimate of drug-likeness (QED) is 0.212. The number of Topliss-reactive ketones (excluding diaryl/α,β-unsaturated/α-hetero) is 2. The van der Waals surface area contributed by atoms with Crippen molar-refractivity contribution in [3.05, 3.63) is 29.3 Å². The lowest BCUT2D eigenvalue weighted by Crippen LogP contribution is -2.58. The number of nitrogens with zero attached hydrogens (tertiary/aromatic N) is 1. The first-order valence-electron chi connectivity index (χ1n) is 11.8. The van der Waals surface area contributed by atoms with Gasteiger partial charge in [0.25, 0.3) is 0 Å². The molecule has 0 spiro atoms. The van der Waals surface area contributed by atoms with E-state index < -0.39 is 47.1 Å². The zero-order chi connectivity index (χ0) is 26.4. The Balaban J connectivity index is 2.12. The Labute approximate surface area is 203 Å². The number of carbonyl (C=O) groups excluding carboxylic acids is 2. The number of halogens is 3. The molecule has 1 fully saturated rings. The third-order valence-electron chi connectivity index (χ3n) is 6.21. The summed E-state index contributed by atoms with van der Waals surface area (Å²) in [6.07, 6.45) is -1.17. The maximum absolute atomic E-state index is 13.7. The number of hydrogen-bond acceptors (Lipinski definition) is 5. The highest BCUT2D eigenvalue weighted by Gasteiger charge is 2.55. The van der Waals surface area contributed by atoms with Crippen LogP contribution in [0.5, 0.6) is 5.75 Å². The number of benzene rings is 1. The minimum atomic E-state index is -4.76. The number of carboxylic acid groups (broad SMARTS) is 1. The van der Waals surface area contributed by atoms with Crippen LogP contribution >= 0.6 is 0 Å². The van der Waals surface area contributed by atoms with E-state index in [1.54, 1.807) is 0 Å². The fraction of sp³-hybridized carbons (Fsp3) is 0.640. The van der Waals surface area contributed by atoms with E-state index in [1.807, 2.05) is 0 Å². The van der Waals surface area contributed by atoms with Crippen molar-refractivity contribution in [2.24, 2.45) is 0 Å². The molecule has 0 radical (unpaired) electrons. The summed E-state index contributed by atoms with van der Waals surface area (Å²) in [7, 11) is 0. The molecule has 1 atom stereocenters. The largest absolute Gasteiger partial charge is 0.493 e. The van der Waals surface area contributed by atoms with Gasteiger partial charge >= 0.3 is 12.3 Å². The number of amides is 1. The predicted octanol–water partition coefficient (Wildman–Crippen LogP) is 6.09. The van der Waals surface area contributed by atoms with Crippen LogP contribution < -0.4 is 4.74 Å². The van der Waals surface area contributed by atoms with Crippen molar-refractivity contribution in [3.63, 3.8) is 0 Å². The summed E-state index contributed by atoms with van der Waals surface area (Å²) < 4.78 is 51.8. The van der Waals surface area contributed by atoms with Crippen LogP contribution in [-0.2, 0) is 15.7 Å².